The van der Waals surface area contributed by atoms with Crippen LogP contribution >= 0.6 is 0 Å². The Balaban J connectivity index is 3.72. The first-order valence-electron chi connectivity index (χ1n) is 7.20. The zero-order valence-corrected chi connectivity index (χ0v) is 12.4. The second-order valence-electron chi connectivity index (χ2n) is 5.12. The molecule has 2 N–H and O–H groups in total. The van der Waals surface area contributed by atoms with E-state index in [1.54, 1.807) is 11.9 Å². The standard InChI is InChI=1S/C14H28N2O3/c1-4-5-6-7-9-12(2)15-14(19)16(3)11-8-10-13(17)18/h12H,4-11H2,1-3H3,(H,15,19)(H,17,18). The maximum atomic E-state index is 11.8. The van der Waals surface area contributed by atoms with Crippen molar-refractivity contribution in [3.63, 3.8) is 0 Å². The first-order valence-corrected chi connectivity index (χ1v) is 7.20. The maximum absolute atomic E-state index is 11.8. The lowest BCUT2D eigenvalue weighted by Crippen LogP contribution is -2.42. The normalized spacial score (nSPS) is 11.9. The van der Waals surface area contributed by atoms with Crippen LogP contribution in [0.3, 0.4) is 0 Å². The van der Waals surface area contributed by atoms with E-state index in [-0.39, 0.29) is 18.5 Å². The highest BCUT2D eigenvalue weighted by Gasteiger charge is 2.11. The first-order chi connectivity index (χ1) is 8.97. The van der Waals surface area contributed by atoms with Gasteiger partial charge in [-0.2, -0.15) is 0 Å². The molecule has 0 aliphatic heterocycles. The van der Waals surface area contributed by atoms with E-state index in [2.05, 4.69) is 12.2 Å². The summed E-state index contributed by atoms with van der Waals surface area (Å²) in [6, 6.07) is 0.0552. The van der Waals surface area contributed by atoms with Crippen molar-refractivity contribution in [2.24, 2.45) is 0 Å². The summed E-state index contributed by atoms with van der Waals surface area (Å²) in [7, 11) is 1.70. The van der Waals surface area contributed by atoms with Gasteiger partial charge in [0, 0.05) is 26.1 Å². The number of unbranched alkanes of at least 4 members (excludes halogenated alkanes) is 3. The van der Waals surface area contributed by atoms with Crippen molar-refractivity contribution in [1.82, 2.24) is 10.2 Å². The number of carbonyl (C=O) groups is 2. The number of carboxylic acids is 1. The average molecular weight is 272 g/mol. The molecular weight excluding hydrogens is 244 g/mol. The highest BCUT2D eigenvalue weighted by Crippen LogP contribution is 2.05. The molecule has 5 heteroatoms. The zero-order valence-electron chi connectivity index (χ0n) is 12.4. The van der Waals surface area contributed by atoms with Crippen LogP contribution in [-0.4, -0.2) is 41.6 Å². The molecule has 19 heavy (non-hydrogen) atoms. The minimum absolute atomic E-state index is 0.101. The molecule has 0 rings (SSSR count). The van der Waals surface area contributed by atoms with Gasteiger partial charge in [-0.25, -0.2) is 4.79 Å². The molecule has 0 fully saturated rings. The first kappa shape index (κ1) is 17.7. The second kappa shape index (κ2) is 10.6. The summed E-state index contributed by atoms with van der Waals surface area (Å²) in [6.07, 6.45) is 6.40. The van der Waals surface area contributed by atoms with Crippen molar-refractivity contribution >= 4 is 12.0 Å². The number of hydrogen-bond donors (Lipinski definition) is 2. The van der Waals surface area contributed by atoms with E-state index < -0.39 is 5.97 Å². The molecule has 1 unspecified atom stereocenters. The Morgan fingerprint density at radius 1 is 1.21 bits per heavy atom. The molecule has 2 amide bonds. The van der Waals surface area contributed by atoms with E-state index >= 15 is 0 Å². The largest absolute Gasteiger partial charge is 0.481 e. The van der Waals surface area contributed by atoms with Gasteiger partial charge in [0.25, 0.3) is 0 Å². The minimum Gasteiger partial charge on any atom is -0.481 e. The molecule has 5 nitrogen and oxygen atoms in total. The van der Waals surface area contributed by atoms with Crippen LogP contribution in [0.5, 0.6) is 0 Å². The van der Waals surface area contributed by atoms with Crippen LogP contribution < -0.4 is 5.32 Å². The highest BCUT2D eigenvalue weighted by atomic mass is 16.4. The Morgan fingerprint density at radius 3 is 2.47 bits per heavy atom. The van der Waals surface area contributed by atoms with Crippen LogP contribution in [0.15, 0.2) is 0 Å². The lowest BCUT2D eigenvalue weighted by atomic mass is 10.1. The number of carboxylic acid groups (broad SMARTS) is 1. The van der Waals surface area contributed by atoms with E-state index in [0.717, 1.165) is 12.8 Å². The molecule has 0 saturated carbocycles. The van der Waals surface area contributed by atoms with Crippen LogP contribution in [-0.2, 0) is 4.79 Å². The van der Waals surface area contributed by atoms with Gasteiger partial charge in [0.2, 0.25) is 0 Å². The van der Waals surface area contributed by atoms with Gasteiger partial charge < -0.3 is 15.3 Å². The third-order valence-corrected chi connectivity index (χ3v) is 3.09. The van der Waals surface area contributed by atoms with Gasteiger partial charge in [-0.15, -0.1) is 0 Å². The van der Waals surface area contributed by atoms with Gasteiger partial charge >= 0.3 is 12.0 Å². The molecule has 0 saturated heterocycles. The van der Waals surface area contributed by atoms with Gasteiger partial charge in [-0.3, -0.25) is 4.79 Å². The quantitative estimate of drug-likeness (QED) is 0.601. The summed E-state index contributed by atoms with van der Waals surface area (Å²) in [6.45, 7) is 4.66. The van der Waals surface area contributed by atoms with Crippen molar-refractivity contribution in [2.45, 2.75) is 64.8 Å². The highest BCUT2D eigenvalue weighted by molar-refractivity contribution is 5.74. The summed E-state index contributed by atoms with van der Waals surface area (Å²) < 4.78 is 0. The molecule has 0 aromatic carbocycles. The molecule has 112 valence electrons. The molecule has 0 aromatic rings. The molecule has 0 aliphatic carbocycles. The Morgan fingerprint density at radius 2 is 1.89 bits per heavy atom. The molecule has 0 aliphatic rings. The van der Waals surface area contributed by atoms with E-state index in [4.69, 9.17) is 5.11 Å². The Kier molecular flexibility index (Phi) is 9.94. The SMILES string of the molecule is CCCCCCC(C)NC(=O)N(C)CCCC(=O)O. The summed E-state index contributed by atoms with van der Waals surface area (Å²) in [5, 5.41) is 11.5. The lowest BCUT2D eigenvalue weighted by Gasteiger charge is -2.21. The van der Waals surface area contributed by atoms with E-state index in [0.29, 0.717) is 13.0 Å². The summed E-state index contributed by atoms with van der Waals surface area (Å²) in [5.74, 6) is -0.821. The van der Waals surface area contributed by atoms with Gasteiger partial charge in [-0.1, -0.05) is 32.6 Å². The number of rotatable bonds is 10. The minimum atomic E-state index is -0.821. The number of nitrogens with one attached hydrogen (secondary N) is 1. The average Bonchev–Trinajstić information content (AvgIpc) is 2.34. The Hall–Kier alpha value is -1.26. The number of nitrogens with zero attached hydrogens (tertiary/aromatic N) is 1. The number of urea groups is 1. The predicted octanol–water partition coefficient (Wildman–Crippen LogP) is 2.85. The van der Waals surface area contributed by atoms with Crippen LogP contribution in [0, 0.1) is 0 Å². The Labute approximate surface area is 116 Å². The van der Waals surface area contributed by atoms with Crippen molar-refractivity contribution in [1.29, 1.82) is 0 Å². The van der Waals surface area contributed by atoms with E-state index in [9.17, 15) is 9.59 Å². The third kappa shape index (κ3) is 10.4. The fourth-order valence-electron chi connectivity index (χ4n) is 1.84. The van der Waals surface area contributed by atoms with Gasteiger partial charge in [0.1, 0.15) is 0 Å². The lowest BCUT2D eigenvalue weighted by molar-refractivity contribution is -0.137. The molecule has 0 radical (unpaired) electrons. The number of hydrogen-bond acceptors (Lipinski definition) is 2. The van der Waals surface area contributed by atoms with Crippen LogP contribution in [0.1, 0.15) is 58.8 Å². The van der Waals surface area contributed by atoms with Crippen molar-refractivity contribution in [3.05, 3.63) is 0 Å². The number of aliphatic carboxylic acids is 1. The number of amides is 2. The fraction of sp³-hybridized carbons (Fsp3) is 0.857. The van der Waals surface area contributed by atoms with Gasteiger partial charge in [0.05, 0.1) is 0 Å². The van der Waals surface area contributed by atoms with Crippen LogP contribution in [0.25, 0.3) is 0 Å². The maximum Gasteiger partial charge on any atom is 0.317 e. The topological polar surface area (TPSA) is 69.6 Å². The molecular formula is C14H28N2O3. The van der Waals surface area contributed by atoms with E-state index in [1.165, 1.54) is 19.3 Å². The summed E-state index contributed by atoms with van der Waals surface area (Å²) in [4.78, 5) is 23.7. The molecule has 0 aromatic heterocycles. The van der Waals surface area contributed by atoms with Crippen LogP contribution in [0.2, 0.25) is 0 Å². The Bertz CT molecular complexity index is 269. The summed E-state index contributed by atoms with van der Waals surface area (Å²) in [5.41, 5.74) is 0. The molecule has 1 atom stereocenters. The van der Waals surface area contributed by atoms with Gasteiger partial charge in [0.15, 0.2) is 0 Å². The fourth-order valence-corrected chi connectivity index (χ4v) is 1.84. The molecule has 0 heterocycles. The molecule has 0 spiro atoms. The van der Waals surface area contributed by atoms with Crippen molar-refractivity contribution in [3.8, 4) is 0 Å². The smallest absolute Gasteiger partial charge is 0.317 e. The van der Waals surface area contributed by atoms with E-state index in [1.807, 2.05) is 6.92 Å². The molecule has 0 bridgehead atoms. The third-order valence-electron chi connectivity index (χ3n) is 3.09. The zero-order chi connectivity index (χ0) is 14.7. The van der Waals surface area contributed by atoms with Crippen LogP contribution in [0.4, 0.5) is 4.79 Å². The van der Waals surface area contributed by atoms with Gasteiger partial charge in [-0.05, 0) is 19.8 Å². The number of carbonyl (C=O) groups excluding carboxylic acids is 1. The predicted molar refractivity (Wildman–Crippen MR) is 76.3 cm³/mol. The monoisotopic (exact) mass is 272 g/mol. The summed E-state index contributed by atoms with van der Waals surface area (Å²) >= 11 is 0. The van der Waals surface area contributed by atoms with Crippen molar-refractivity contribution in [2.75, 3.05) is 13.6 Å². The second-order valence-corrected chi connectivity index (χ2v) is 5.12. The van der Waals surface area contributed by atoms with Crippen molar-refractivity contribution < 1.29 is 14.7 Å².